The van der Waals surface area contributed by atoms with Crippen molar-refractivity contribution in [1.29, 1.82) is 0 Å². The number of amides is 1. The molecule has 1 aliphatic rings. The molecular formula is C14H29NO2Si. The Balaban J connectivity index is 2.62. The molecule has 1 N–H and O–H groups in total. The Morgan fingerprint density at radius 3 is 2.39 bits per heavy atom. The van der Waals surface area contributed by atoms with E-state index in [-0.39, 0.29) is 17.0 Å². The van der Waals surface area contributed by atoms with Crippen molar-refractivity contribution in [2.24, 2.45) is 5.92 Å². The van der Waals surface area contributed by atoms with Crippen LogP contribution in [-0.2, 0) is 9.22 Å². The molecule has 1 amide bonds. The minimum Gasteiger partial charge on any atom is -0.405 e. The topological polar surface area (TPSA) is 38.3 Å². The van der Waals surface area contributed by atoms with E-state index in [1.165, 1.54) is 0 Å². The summed E-state index contributed by atoms with van der Waals surface area (Å²) in [6.45, 7) is 15.4. The van der Waals surface area contributed by atoms with Gasteiger partial charge in [-0.05, 0) is 30.5 Å². The Morgan fingerprint density at radius 2 is 1.94 bits per heavy atom. The van der Waals surface area contributed by atoms with E-state index in [1.54, 1.807) is 0 Å². The van der Waals surface area contributed by atoms with E-state index in [9.17, 15) is 4.79 Å². The Labute approximate surface area is 113 Å². The molecule has 0 aromatic rings. The van der Waals surface area contributed by atoms with Crippen molar-refractivity contribution >= 4 is 14.2 Å². The van der Waals surface area contributed by atoms with Crippen LogP contribution in [0.1, 0.15) is 47.5 Å². The number of hydrogen-bond acceptors (Lipinski definition) is 2. The molecule has 106 valence electrons. The van der Waals surface area contributed by atoms with Crippen LogP contribution in [0, 0.1) is 5.92 Å². The van der Waals surface area contributed by atoms with E-state index in [2.05, 4.69) is 53.0 Å². The van der Waals surface area contributed by atoms with Crippen molar-refractivity contribution in [3.8, 4) is 0 Å². The molecule has 2 atom stereocenters. The maximum Gasteiger partial charge on any atom is 0.248 e. The highest BCUT2D eigenvalue weighted by atomic mass is 28.4. The smallest absolute Gasteiger partial charge is 0.248 e. The number of hydrogen-bond donors (Lipinski definition) is 1. The molecule has 0 bridgehead atoms. The third-order valence-corrected chi connectivity index (χ3v) is 8.62. The predicted molar refractivity (Wildman–Crippen MR) is 78.1 cm³/mol. The third kappa shape index (κ3) is 3.82. The molecule has 1 saturated heterocycles. The first kappa shape index (κ1) is 15.7. The third-order valence-electron chi connectivity index (χ3n) is 4.14. The van der Waals surface area contributed by atoms with Gasteiger partial charge in [0.2, 0.25) is 5.91 Å². The fourth-order valence-electron chi connectivity index (χ4n) is 2.08. The van der Waals surface area contributed by atoms with Crippen molar-refractivity contribution in [3.05, 3.63) is 0 Å². The highest BCUT2D eigenvalue weighted by Gasteiger charge is 2.43. The molecule has 0 saturated carbocycles. The summed E-state index contributed by atoms with van der Waals surface area (Å²) in [5, 5.41) is 3.22. The van der Waals surface area contributed by atoms with Gasteiger partial charge in [-0.15, -0.1) is 0 Å². The normalized spacial score (nSPS) is 25.7. The van der Waals surface area contributed by atoms with Gasteiger partial charge in [-0.1, -0.05) is 34.6 Å². The molecular weight excluding hydrogens is 242 g/mol. The Kier molecular flexibility index (Phi) is 4.65. The van der Waals surface area contributed by atoms with Crippen molar-refractivity contribution in [2.75, 3.05) is 0 Å². The Morgan fingerprint density at radius 1 is 1.39 bits per heavy atom. The number of carbonyl (C=O) groups excluding carboxylic acids is 1. The van der Waals surface area contributed by atoms with Gasteiger partial charge < -0.3 is 9.74 Å². The molecule has 0 aromatic carbocycles. The molecule has 0 aromatic heterocycles. The van der Waals surface area contributed by atoms with Gasteiger partial charge in [-0.2, -0.15) is 0 Å². The molecule has 1 heterocycles. The first-order valence-corrected chi connectivity index (χ1v) is 9.92. The lowest BCUT2D eigenvalue weighted by Gasteiger charge is -2.37. The molecule has 1 fully saturated rings. The van der Waals surface area contributed by atoms with Crippen LogP contribution in [0.25, 0.3) is 0 Å². The minimum atomic E-state index is -1.84. The maximum absolute atomic E-state index is 12.0. The van der Waals surface area contributed by atoms with Gasteiger partial charge in [-0.25, -0.2) is 0 Å². The molecule has 0 spiro atoms. The van der Waals surface area contributed by atoms with Crippen LogP contribution < -0.4 is 5.32 Å². The molecule has 3 nitrogen and oxygen atoms in total. The van der Waals surface area contributed by atoms with Crippen LogP contribution in [0.15, 0.2) is 0 Å². The molecule has 0 aliphatic carbocycles. The monoisotopic (exact) mass is 271 g/mol. The van der Waals surface area contributed by atoms with Crippen molar-refractivity contribution in [1.82, 2.24) is 5.32 Å². The summed E-state index contributed by atoms with van der Waals surface area (Å²) in [5.41, 5.74) is 0. The lowest BCUT2D eigenvalue weighted by molar-refractivity contribution is -0.125. The summed E-state index contributed by atoms with van der Waals surface area (Å²) in [5.74, 6) is 0.701. The Bertz CT molecular complexity index is 307. The summed E-state index contributed by atoms with van der Waals surface area (Å²) in [6, 6.07) is 0.298. The first-order chi connectivity index (χ1) is 8.03. The second kappa shape index (κ2) is 5.33. The molecule has 0 radical (unpaired) electrons. The minimum absolute atomic E-state index is 0.0884. The quantitative estimate of drug-likeness (QED) is 0.797. The van der Waals surface area contributed by atoms with E-state index >= 15 is 0 Å². The Hall–Kier alpha value is -0.353. The van der Waals surface area contributed by atoms with Gasteiger partial charge >= 0.3 is 0 Å². The number of carbonyl (C=O) groups is 1. The average Bonchev–Trinajstić information content (AvgIpc) is 2.42. The molecule has 1 aliphatic heterocycles. The van der Waals surface area contributed by atoms with Gasteiger partial charge in [0.05, 0.1) is 0 Å². The van der Waals surface area contributed by atoms with Crippen molar-refractivity contribution in [3.63, 3.8) is 0 Å². The zero-order valence-electron chi connectivity index (χ0n) is 13.0. The fourth-order valence-corrected chi connectivity index (χ4v) is 3.34. The van der Waals surface area contributed by atoms with E-state index in [0.717, 1.165) is 12.8 Å². The molecule has 4 heteroatoms. The largest absolute Gasteiger partial charge is 0.405 e. The summed E-state index contributed by atoms with van der Waals surface area (Å²) in [4.78, 5) is 12.0. The number of rotatable bonds is 4. The van der Waals surface area contributed by atoms with Crippen LogP contribution >= 0.6 is 0 Å². The lowest BCUT2D eigenvalue weighted by atomic mass is 10.0. The second-order valence-electron chi connectivity index (χ2n) is 7.44. The summed E-state index contributed by atoms with van der Waals surface area (Å²) >= 11 is 0. The fraction of sp³-hybridized carbons (Fsp3) is 0.929. The van der Waals surface area contributed by atoms with Gasteiger partial charge in [0.25, 0.3) is 0 Å². The van der Waals surface area contributed by atoms with E-state index < -0.39 is 8.32 Å². The van der Waals surface area contributed by atoms with E-state index in [0.29, 0.717) is 12.0 Å². The summed E-state index contributed by atoms with van der Waals surface area (Å²) in [7, 11) is -1.84. The number of nitrogens with one attached hydrogen (secondary N) is 1. The standard InChI is InChI=1S/C14H29NO2Si/c1-10(2)8-11-9-12(13(16)15-11)17-18(6,7)14(3,4)5/h10-12H,8-9H2,1-7H3,(H,15,16)/t11?,12-/m0/s1. The van der Waals surface area contributed by atoms with Gasteiger partial charge in [-0.3, -0.25) is 4.79 Å². The van der Waals surface area contributed by atoms with Crippen molar-refractivity contribution < 1.29 is 9.22 Å². The average molecular weight is 271 g/mol. The zero-order valence-corrected chi connectivity index (χ0v) is 14.0. The van der Waals surface area contributed by atoms with Crippen LogP contribution in [0.4, 0.5) is 0 Å². The lowest BCUT2D eigenvalue weighted by Crippen LogP contribution is -2.45. The van der Waals surface area contributed by atoms with Crippen molar-refractivity contribution in [2.45, 2.75) is 77.7 Å². The van der Waals surface area contributed by atoms with Crippen LogP contribution in [0.3, 0.4) is 0 Å². The zero-order chi connectivity index (χ0) is 14.1. The summed E-state index contributed by atoms with van der Waals surface area (Å²) in [6.07, 6.45) is 1.65. The van der Waals surface area contributed by atoms with Crippen LogP contribution in [0.5, 0.6) is 0 Å². The summed E-state index contributed by atoms with van der Waals surface area (Å²) < 4.78 is 6.21. The highest BCUT2D eigenvalue weighted by Crippen LogP contribution is 2.38. The second-order valence-corrected chi connectivity index (χ2v) is 12.2. The van der Waals surface area contributed by atoms with E-state index in [4.69, 9.17) is 4.43 Å². The molecule has 1 unspecified atom stereocenters. The SMILES string of the molecule is CC(C)CC1C[C@H](O[Si](C)(C)C(C)(C)C)C(=O)N1. The maximum atomic E-state index is 12.0. The molecule has 1 rings (SSSR count). The van der Waals surface area contributed by atoms with Crippen LogP contribution in [-0.4, -0.2) is 26.4 Å². The van der Waals surface area contributed by atoms with Gasteiger partial charge in [0, 0.05) is 12.5 Å². The van der Waals surface area contributed by atoms with Gasteiger partial charge in [0.15, 0.2) is 8.32 Å². The molecule has 18 heavy (non-hydrogen) atoms. The predicted octanol–water partition coefficient (Wildman–Crippen LogP) is 3.31. The van der Waals surface area contributed by atoms with Gasteiger partial charge in [0.1, 0.15) is 6.10 Å². The van der Waals surface area contributed by atoms with E-state index in [1.807, 2.05) is 0 Å². The first-order valence-electron chi connectivity index (χ1n) is 7.01. The van der Waals surface area contributed by atoms with Crippen LogP contribution in [0.2, 0.25) is 18.1 Å². The highest BCUT2D eigenvalue weighted by molar-refractivity contribution is 6.74.